The van der Waals surface area contributed by atoms with E-state index < -0.39 is 11.9 Å². The first-order chi connectivity index (χ1) is 9.11. The van der Waals surface area contributed by atoms with Gasteiger partial charge in [-0.3, -0.25) is 4.79 Å². The maximum atomic E-state index is 11.7. The van der Waals surface area contributed by atoms with Gasteiger partial charge >= 0.3 is 5.97 Å². The third kappa shape index (κ3) is 1.90. The maximum Gasteiger partial charge on any atom is 0.311 e. The van der Waals surface area contributed by atoms with Crippen LogP contribution in [0.4, 0.5) is 5.69 Å². The Morgan fingerprint density at radius 2 is 2.32 bits per heavy atom. The molecule has 0 aliphatic carbocycles. The average molecular weight is 282 g/mol. The Morgan fingerprint density at radius 3 is 3.05 bits per heavy atom. The van der Waals surface area contributed by atoms with Crippen LogP contribution in [0.15, 0.2) is 18.2 Å². The summed E-state index contributed by atoms with van der Waals surface area (Å²) < 4.78 is 5.49. The van der Waals surface area contributed by atoms with E-state index in [1.54, 1.807) is 0 Å². The lowest BCUT2D eigenvalue weighted by molar-refractivity contribution is -0.142. The molecule has 3 atom stereocenters. The van der Waals surface area contributed by atoms with Crippen molar-refractivity contribution in [3.8, 4) is 0 Å². The molecule has 102 valence electrons. The number of rotatable bonds is 1. The van der Waals surface area contributed by atoms with E-state index in [0.717, 1.165) is 17.7 Å². The van der Waals surface area contributed by atoms with Crippen LogP contribution in [0.2, 0.25) is 5.02 Å². The molecule has 0 saturated carbocycles. The molecule has 1 aromatic carbocycles. The normalized spacial score (nSPS) is 29.6. The Hall–Kier alpha value is -1.26. The van der Waals surface area contributed by atoms with Crippen molar-refractivity contribution >= 4 is 23.3 Å². The number of fused-ring (bicyclic) bond motifs is 2. The van der Waals surface area contributed by atoms with Crippen LogP contribution < -0.4 is 4.90 Å². The molecule has 1 fully saturated rings. The van der Waals surface area contributed by atoms with Crippen LogP contribution in [0.3, 0.4) is 0 Å². The quantitative estimate of drug-likeness (QED) is 0.859. The minimum Gasteiger partial charge on any atom is -0.481 e. The molecule has 3 unspecified atom stereocenters. The van der Waals surface area contributed by atoms with Crippen LogP contribution in [0.1, 0.15) is 17.9 Å². The summed E-state index contributed by atoms with van der Waals surface area (Å²) in [5, 5.41) is 10.2. The molecule has 5 heteroatoms. The second kappa shape index (κ2) is 4.69. The second-order valence-corrected chi connectivity index (χ2v) is 5.61. The van der Waals surface area contributed by atoms with Gasteiger partial charge in [0.15, 0.2) is 0 Å². The molecule has 2 aliphatic heterocycles. The Bertz CT molecular complexity index is 519. The van der Waals surface area contributed by atoms with Crippen molar-refractivity contribution in [2.75, 3.05) is 25.2 Å². The SMILES string of the molecule is CN1c2c(Cl)cccc2C(C(=O)O)C2COCCC21. The third-order valence-electron chi connectivity index (χ3n) is 4.26. The fraction of sp³-hybridized carbons (Fsp3) is 0.500. The van der Waals surface area contributed by atoms with Crippen molar-refractivity contribution < 1.29 is 14.6 Å². The second-order valence-electron chi connectivity index (χ2n) is 5.20. The van der Waals surface area contributed by atoms with Crippen LogP contribution in [0, 0.1) is 5.92 Å². The van der Waals surface area contributed by atoms with Crippen LogP contribution >= 0.6 is 11.6 Å². The number of para-hydroxylation sites is 1. The lowest BCUT2D eigenvalue weighted by Gasteiger charge is -2.47. The van der Waals surface area contributed by atoms with Crippen LogP contribution in [-0.4, -0.2) is 37.4 Å². The van der Waals surface area contributed by atoms with Crippen LogP contribution in [0.25, 0.3) is 0 Å². The molecule has 0 spiro atoms. The molecule has 1 N–H and O–H groups in total. The van der Waals surface area contributed by atoms with Crippen LogP contribution in [-0.2, 0) is 9.53 Å². The van der Waals surface area contributed by atoms with Gasteiger partial charge in [-0.25, -0.2) is 0 Å². The first-order valence-corrected chi connectivity index (χ1v) is 6.81. The van der Waals surface area contributed by atoms with Gasteiger partial charge in [0.2, 0.25) is 0 Å². The lowest BCUT2D eigenvalue weighted by Crippen LogP contribution is -2.51. The Kier molecular flexibility index (Phi) is 3.15. The number of hydrogen-bond acceptors (Lipinski definition) is 3. The summed E-state index contributed by atoms with van der Waals surface area (Å²) in [5.74, 6) is -1.34. The summed E-state index contributed by atoms with van der Waals surface area (Å²) in [7, 11) is 1.99. The molecular formula is C14H16ClNO3. The first-order valence-electron chi connectivity index (χ1n) is 6.43. The predicted molar refractivity (Wildman–Crippen MR) is 72.9 cm³/mol. The summed E-state index contributed by atoms with van der Waals surface area (Å²) >= 11 is 6.27. The Labute approximate surface area is 116 Å². The van der Waals surface area contributed by atoms with Crippen LogP contribution in [0.5, 0.6) is 0 Å². The number of benzene rings is 1. The molecule has 2 aliphatic rings. The zero-order chi connectivity index (χ0) is 13.6. The van der Waals surface area contributed by atoms with E-state index in [2.05, 4.69) is 4.90 Å². The molecule has 1 aromatic rings. The molecule has 2 heterocycles. The molecule has 1 saturated heterocycles. The molecule has 0 bridgehead atoms. The van der Waals surface area contributed by atoms with Crippen molar-refractivity contribution in [3.63, 3.8) is 0 Å². The highest BCUT2D eigenvalue weighted by Gasteiger charge is 2.45. The molecular weight excluding hydrogens is 266 g/mol. The molecule has 3 rings (SSSR count). The first kappa shape index (κ1) is 12.8. The van der Waals surface area contributed by atoms with Gasteiger partial charge in [0.25, 0.3) is 0 Å². The van der Waals surface area contributed by atoms with E-state index in [4.69, 9.17) is 16.3 Å². The molecule has 4 nitrogen and oxygen atoms in total. The van der Waals surface area contributed by atoms with Crippen molar-refractivity contribution in [3.05, 3.63) is 28.8 Å². The van der Waals surface area contributed by atoms with Gasteiger partial charge in [0.05, 0.1) is 23.2 Å². The highest BCUT2D eigenvalue weighted by molar-refractivity contribution is 6.33. The average Bonchev–Trinajstić information content (AvgIpc) is 2.38. The van der Waals surface area contributed by atoms with Gasteiger partial charge in [0.1, 0.15) is 0 Å². The fourth-order valence-electron chi connectivity index (χ4n) is 3.42. The number of carboxylic acids is 1. The van der Waals surface area contributed by atoms with E-state index >= 15 is 0 Å². The van der Waals surface area contributed by atoms with Crippen molar-refractivity contribution in [1.29, 1.82) is 0 Å². The summed E-state index contributed by atoms with van der Waals surface area (Å²) in [5.41, 5.74) is 1.66. The van der Waals surface area contributed by atoms with E-state index in [1.165, 1.54) is 0 Å². The zero-order valence-electron chi connectivity index (χ0n) is 10.7. The molecule has 0 radical (unpaired) electrons. The number of carboxylic acid groups (broad SMARTS) is 1. The number of aliphatic carboxylic acids is 1. The Balaban J connectivity index is 2.16. The lowest BCUT2D eigenvalue weighted by atomic mass is 9.75. The number of nitrogens with zero attached hydrogens (tertiary/aromatic N) is 1. The number of hydrogen-bond donors (Lipinski definition) is 1. The van der Waals surface area contributed by atoms with E-state index in [0.29, 0.717) is 18.2 Å². The fourth-order valence-corrected chi connectivity index (χ4v) is 3.73. The Morgan fingerprint density at radius 1 is 1.53 bits per heavy atom. The van der Waals surface area contributed by atoms with Gasteiger partial charge in [-0.15, -0.1) is 0 Å². The molecule has 0 amide bonds. The number of anilines is 1. The smallest absolute Gasteiger partial charge is 0.311 e. The maximum absolute atomic E-state index is 11.7. The minimum atomic E-state index is -0.794. The standard InChI is InChI=1S/C14H16ClNO3/c1-16-11-5-6-19-7-9(11)12(14(17)18)8-3-2-4-10(15)13(8)16/h2-4,9,11-12H,5-7H2,1H3,(H,17,18). The minimum absolute atomic E-state index is 0.0118. The highest BCUT2D eigenvalue weighted by Crippen LogP contribution is 2.46. The summed E-state index contributed by atoms with van der Waals surface area (Å²) in [6.07, 6.45) is 0.843. The van der Waals surface area contributed by atoms with E-state index in [-0.39, 0.29) is 12.0 Å². The van der Waals surface area contributed by atoms with Gasteiger partial charge in [-0.1, -0.05) is 23.7 Å². The van der Waals surface area contributed by atoms with Gasteiger partial charge in [-0.05, 0) is 18.1 Å². The van der Waals surface area contributed by atoms with Crippen molar-refractivity contribution in [2.45, 2.75) is 18.4 Å². The van der Waals surface area contributed by atoms with Crippen molar-refractivity contribution in [2.24, 2.45) is 5.92 Å². The summed E-state index contributed by atoms with van der Waals surface area (Å²) in [6.45, 7) is 1.18. The summed E-state index contributed by atoms with van der Waals surface area (Å²) in [4.78, 5) is 13.8. The number of carbonyl (C=O) groups is 1. The molecule has 0 aromatic heterocycles. The van der Waals surface area contributed by atoms with Crippen molar-refractivity contribution in [1.82, 2.24) is 0 Å². The topological polar surface area (TPSA) is 49.8 Å². The van der Waals surface area contributed by atoms with E-state index in [9.17, 15) is 9.90 Å². The number of ether oxygens (including phenoxy) is 1. The third-order valence-corrected chi connectivity index (χ3v) is 4.56. The van der Waals surface area contributed by atoms with Gasteiger partial charge < -0.3 is 14.7 Å². The summed E-state index contributed by atoms with van der Waals surface area (Å²) in [6, 6.07) is 5.67. The largest absolute Gasteiger partial charge is 0.481 e. The zero-order valence-corrected chi connectivity index (χ0v) is 11.4. The predicted octanol–water partition coefficient (Wildman–Crippen LogP) is 2.36. The molecule has 19 heavy (non-hydrogen) atoms. The van der Waals surface area contributed by atoms with Gasteiger partial charge in [-0.2, -0.15) is 0 Å². The highest BCUT2D eigenvalue weighted by atomic mass is 35.5. The van der Waals surface area contributed by atoms with Gasteiger partial charge in [0, 0.05) is 25.6 Å². The monoisotopic (exact) mass is 281 g/mol. The van der Waals surface area contributed by atoms with E-state index in [1.807, 2.05) is 25.2 Å². The number of halogens is 1.